The fourth-order valence-electron chi connectivity index (χ4n) is 3.92. The van der Waals surface area contributed by atoms with Gasteiger partial charge in [0.1, 0.15) is 0 Å². The van der Waals surface area contributed by atoms with Crippen LogP contribution in [0.3, 0.4) is 0 Å². The van der Waals surface area contributed by atoms with Crippen molar-refractivity contribution in [2.75, 3.05) is 32.7 Å². The van der Waals surface area contributed by atoms with Gasteiger partial charge in [-0.05, 0) is 17.5 Å². The van der Waals surface area contributed by atoms with Crippen LogP contribution in [0.1, 0.15) is 34.1 Å². The Morgan fingerprint density at radius 3 is 1.93 bits per heavy atom. The van der Waals surface area contributed by atoms with Crippen molar-refractivity contribution in [1.82, 2.24) is 14.7 Å². The molecule has 2 aliphatic heterocycles. The fourth-order valence-corrected chi connectivity index (χ4v) is 3.92. The maximum absolute atomic E-state index is 12.9. The molecular formula is C21H21N3O4. The van der Waals surface area contributed by atoms with Crippen LogP contribution in [-0.4, -0.2) is 71.1 Å². The quantitative estimate of drug-likeness (QED) is 0.758. The van der Waals surface area contributed by atoms with Crippen LogP contribution in [0.25, 0.3) is 10.8 Å². The molecule has 0 aromatic heterocycles. The summed E-state index contributed by atoms with van der Waals surface area (Å²) in [5.41, 5.74) is 0.991. The Morgan fingerprint density at radius 2 is 1.39 bits per heavy atom. The number of hydrogen-bond donors (Lipinski definition) is 0. The SMILES string of the molecule is CC(=O)N1CCN(C(=O)CCN2C(=O)c3cccc4cccc(c34)C2=O)CC1. The van der Waals surface area contributed by atoms with Gasteiger partial charge in [-0.15, -0.1) is 0 Å². The first-order chi connectivity index (χ1) is 13.5. The van der Waals surface area contributed by atoms with Gasteiger partial charge in [0.15, 0.2) is 0 Å². The molecule has 0 atom stereocenters. The summed E-state index contributed by atoms with van der Waals surface area (Å²) < 4.78 is 0. The number of benzene rings is 2. The Morgan fingerprint density at radius 1 is 0.857 bits per heavy atom. The highest BCUT2D eigenvalue weighted by atomic mass is 16.2. The van der Waals surface area contributed by atoms with E-state index in [1.807, 2.05) is 12.1 Å². The minimum absolute atomic E-state index is 0.00412. The largest absolute Gasteiger partial charge is 0.339 e. The second-order valence-electron chi connectivity index (χ2n) is 7.11. The second-order valence-corrected chi connectivity index (χ2v) is 7.11. The molecule has 0 radical (unpaired) electrons. The molecule has 2 aromatic rings. The first-order valence-corrected chi connectivity index (χ1v) is 9.38. The topological polar surface area (TPSA) is 78.0 Å². The zero-order chi connectivity index (χ0) is 19.8. The van der Waals surface area contributed by atoms with Crippen molar-refractivity contribution in [3.05, 3.63) is 47.5 Å². The third-order valence-corrected chi connectivity index (χ3v) is 5.48. The maximum atomic E-state index is 12.9. The Labute approximate surface area is 162 Å². The smallest absolute Gasteiger partial charge is 0.261 e. The Balaban J connectivity index is 1.46. The highest BCUT2D eigenvalue weighted by molar-refractivity contribution is 6.25. The summed E-state index contributed by atoms with van der Waals surface area (Å²) in [5, 5.41) is 1.54. The van der Waals surface area contributed by atoms with E-state index < -0.39 is 0 Å². The first-order valence-electron chi connectivity index (χ1n) is 9.38. The molecule has 0 unspecified atom stereocenters. The highest BCUT2D eigenvalue weighted by Crippen LogP contribution is 2.30. The summed E-state index contributed by atoms with van der Waals surface area (Å²) in [7, 11) is 0. The summed E-state index contributed by atoms with van der Waals surface area (Å²) in [5.74, 6) is -0.822. The Kier molecular flexibility index (Phi) is 4.58. The number of piperazine rings is 1. The number of amides is 4. The molecule has 0 N–H and O–H groups in total. The molecule has 4 rings (SSSR count). The van der Waals surface area contributed by atoms with Gasteiger partial charge < -0.3 is 9.80 Å². The summed E-state index contributed by atoms with van der Waals surface area (Å²) in [6.07, 6.45) is 0.0791. The molecule has 2 heterocycles. The van der Waals surface area contributed by atoms with Crippen molar-refractivity contribution in [3.63, 3.8) is 0 Å². The van der Waals surface area contributed by atoms with Crippen LogP contribution in [0.5, 0.6) is 0 Å². The molecule has 0 bridgehead atoms. The van der Waals surface area contributed by atoms with Gasteiger partial charge in [-0.2, -0.15) is 0 Å². The monoisotopic (exact) mass is 379 g/mol. The van der Waals surface area contributed by atoms with Crippen molar-refractivity contribution in [1.29, 1.82) is 0 Å². The molecular weight excluding hydrogens is 358 g/mol. The first kappa shape index (κ1) is 18.2. The van der Waals surface area contributed by atoms with Crippen molar-refractivity contribution in [3.8, 4) is 0 Å². The minimum Gasteiger partial charge on any atom is -0.339 e. The number of imide groups is 1. The standard InChI is InChI=1S/C21H21N3O4/c1-14(25)22-10-12-23(13-11-22)18(26)8-9-24-20(27)16-6-2-4-15-5-3-7-17(19(15)16)21(24)28/h2-7H,8-13H2,1H3. The molecule has 0 saturated carbocycles. The summed E-state index contributed by atoms with van der Waals surface area (Å²) in [6, 6.07) is 10.8. The Bertz CT molecular complexity index is 942. The van der Waals surface area contributed by atoms with Crippen molar-refractivity contribution in [2.24, 2.45) is 0 Å². The van der Waals surface area contributed by atoms with Gasteiger partial charge in [0.2, 0.25) is 11.8 Å². The third kappa shape index (κ3) is 3.02. The van der Waals surface area contributed by atoms with Gasteiger partial charge >= 0.3 is 0 Å². The number of carbonyl (C=O) groups is 4. The van der Waals surface area contributed by atoms with Crippen LogP contribution in [0.15, 0.2) is 36.4 Å². The van der Waals surface area contributed by atoms with Gasteiger partial charge in [0.05, 0.1) is 0 Å². The van der Waals surface area contributed by atoms with Crippen LogP contribution < -0.4 is 0 Å². The third-order valence-electron chi connectivity index (χ3n) is 5.48. The predicted molar refractivity (Wildman–Crippen MR) is 103 cm³/mol. The summed E-state index contributed by atoms with van der Waals surface area (Å²) in [4.78, 5) is 54.2. The number of nitrogens with zero attached hydrogens (tertiary/aromatic N) is 3. The molecule has 4 amide bonds. The predicted octanol–water partition coefficient (Wildman–Crippen LogP) is 1.52. The number of rotatable bonds is 3. The van der Waals surface area contributed by atoms with E-state index in [1.165, 1.54) is 11.8 Å². The number of hydrogen-bond acceptors (Lipinski definition) is 4. The molecule has 7 heteroatoms. The van der Waals surface area contributed by atoms with E-state index in [1.54, 1.807) is 34.1 Å². The van der Waals surface area contributed by atoms with E-state index in [4.69, 9.17) is 0 Å². The molecule has 7 nitrogen and oxygen atoms in total. The van der Waals surface area contributed by atoms with Gasteiger partial charge in [-0.1, -0.05) is 24.3 Å². The summed E-state index contributed by atoms with van der Waals surface area (Å²) >= 11 is 0. The van der Waals surface area contributed by atoms with E-state index in [9.17, 15) is 19.2 Å². The maximum Gasteiger partial charge on any atom is 0.261 e. The van der Waals surface area contributed by atoms with Gasteiger partial charge in [0, 0.05) is 62.6 Å². The van der Waals surface area contributed by atoms with Crippen LogP contribution in [0.2, 0.25) is 0 Å². The van der Waals surface area contributed by atoms with Crippen molar-refractivity contribution in [2.45, 2.75) is 13.3 Å². The lowest BCUT2D eigenvalue weighted by Gasteiger charge is -2.34. The second kappa shape index (κ2) is 7.07. The lowest BCUT2D eigenvalue weighted by atomic mass is 9.94. The van der Waals surface area contributed by atoms with Crippen molar-refractivity contribution >= 4 is 34.4 Å². The average molecular weight is 379 g/mol. The fraction of sp³-hybridized carbons (Fsp3) is 0.333. The molecule has 0 aliphatic carbocycles. The molecule has 2 aliphatic rings. The average Bonchev–Trinajstić information content (AvgIpc) is 2.71. The van der Waals surface area contributed by atoms with Crippen LogP contribution in [0, 0.1) is 0 Å². The van der Waals surface area contributed by atoms with Gasteiger partial charge in [-0.25, -0.2) is 0 Å². The van der Waals surface area contributed by atoms with Gasteiger partial charge in [-0.3, -0.25) is 24.1 Å². The highest BCUT2D eigenvalue weighted by Gasteiger charge is 2.33. The van der Waals surface area contributed by atoms with E-state index >= 15 is 0 Å². The Hall–Kier alpha value is -3.22. The molecule has 1 fully saturated rings. The van der Waals surface area contributed by atoms with E-state index in [-0.39, 0.29) is 36.6 Å². The molecule has 2 aromatic carbocycles. The normalized spacial score (nSPS) is 16.7. The van der Waals surface area contributed by atoms with E-state index in [0.717, 1.165) is 5.39 Å². The molecule has 144 valence electrons. The molecule has 1 saturated heterocycles. The van der Waals surface area contributed by atoms with Crippen molar-refractivity contribution < 1.29 is 19.2 Å². The van der Waals surface area contributed by atoms with Crippen LogP contribution >= 0.6 is 0 Å². The minimum atomic E-state index is -0.358. The molecule has 0 spiro atoms. The zero-order valence-corrected chi connectivity index (χ0v) is 15.7. The number of carbonyl (C=O) groups excluding carboxylic acids is 4. The van der Waals surface area contributed by atoms with E-state index in [0.29, 0.717) is 42.7 Å². The van der Waals surface area contributed by atoms with Gasteiger partial charge in [0.25, 0.3) is 11.8 Å². The molecule has 28 heavy (non-hydrogen) atoms. The van der Waals surface area contributed by atoms with Crippen LogP contribution in [0.4, 0.5) is 0 Å². The lowest BCUT2D eigenvalue weighted by molar-refractivity contribution is -0.138. The summed E-state index contributed by atoms with van der Waals surface area (Å²) in [6.45, 7) is 3.54. The lowest BCUT2D eigenvalue weighted by Crippen LogP contribution is -2.51. The van der Waals surface area contributed by atoms with Crippen LogP contribution in [-0.2, 0) is 9.59 Å². The zero-order valence-electron chi connectivity index (χ0n) is 15.7. The van der Waals surface area contributed by atoms with E-state index in [2.05, 4.69) is 0 Å².